The van der Waals surface area contributed by atoms with Gasteiger partial charge in [0.25, 0.3) is 5.91 Å². The summed E-state index contributed by atoms with van der Waals surface area (Å²) in [6.07, 6.45) is 0. The number of ether oxygens (including phenoxy) is 1. The summed E-state index contributed by atoms with van der Waals surface area (Å²) in [6, 6.07) is 11.3. The van der Waals surface area contributed by atoms with Gasteiger partial charge in [-0.3, -0.25) is 14.5 Å². The average Bonchev–Trinajstić information content (AvgIpc) is 2.72. The molecule has 2 aromatic carbocycles. The van der Waals surface area contributed by atoms with E-state index in [0.29, 0.717) is 44.0 Å². The van der Waals surface area contributed by atoms with Crippen molar-refractivity contribution in [2.24, 2.45) is 0 Å². The minimum Gasteiger partial charge on any atom is -0.497 e. The zero-order chi connectivity index (χ0) is 21.0. The summed E-state index contributed by atoms with van der Waals surface area (Å²) in [5.41, 5.74) is 3.68. The third-order valence-corrected chi connectivity index (χ3v) is 6.00. The van der Waals surface area contributed by atoms with Crippen molar-refractivity contribution in [3.63, 3.8) is 0 Å². The van der Waals surface area contributed by atoms with Gasteiger partial charge >= 0.3 is 0 Å². The van der Waals surface area contributed by atoms with Gasteiger partial charge in [-0.15, -0.1) is 0 Å². The summed E-state index contributed by atoms with van der Waals surface area (Å²) < 4.78 is 5.98. The molecule has 0 bridgehead atoms. The number of nitrogens with zero attached hydrogens (tertiary/aromatic N) is 2. The van der Waals surface area contributed by atoms with Crippen LogP contribution in [0.2, 0.25) is 0 Å². The Morgan fingerprint density at radius 3 is 2.52 bits per heavy atom. The highest BCUT2D eigenvalue weighted by atomic mass is 79.9. The van der Waals surface area contributed by atoms with Gasteiger partial charge < -0.3 is 15.0 Å². The van der Waals surface area contributed by atoms with E-state index in [1.165, 1.54) is 0 Å². The molecular formula is C22H26BrN3O3. The third-order valence-electron chi connectivity index (χ3n) is 5.31. The molecule has 0 aromatic heterocycles. The lowest BCUT2D eigenvalue weighted by atomic mass is 10.1. The second-order valence-corrected chi connectivity index (χ2v) is 8.06. The largest absolute Gasteiger partial charge is 0.497 e. The van der Waals surface area contributed by atoms with E-state index in [4.69, 9.17) is 4.74 Å². The molecule has 0 aliphatic carbocycles. The van der Waals surface area contributed by atoms with Crippen LogP contribution in [-0.4, -0.2) is 61.4 Å². The Labute approximate surface area is 180 Å². The fourth-order valence-electron chi connectivity index (χ4n) is 3.35. The number of benzene rings is 2. The molecule has 3 rings (SSSR count). The number of anilines is 1. The highest BCUT2D eigenvalue weighted by Gasteiger charge is 2.25. The molecule has 0 spiro atoms. The summed E-state index contributed by atoms with van der Waals surface area (Å²) in [5, 5.41) is 3.00. The Kier molecular flexibility index (Phi) is 6.92. The minimum atomic E-state index is -0.0333. The Morgan fingerprint density at radius 1 is 1.10 bits per heavy atom. The topological polar surface area (TPSA) is 61.9 Å². The predicted octanol–water partition coefficient (Wildman–Crippen LogP) is 3.47. The van der Waals surface area contributed by atoms with Crippen molar-refractivity contribution in [3.05, 3.63) is 57.6 Å². The molecule has 0 radical (unpaired) electrons. The molecule has 1 aliphatic heterocycles. The number of hydrogen-bond donors (Lipinski definition) is 1. The highest BCUT2D eigenvalue weighted by molar-refractivity contribution is 9.10. The molecule has 7 heteroatoms. The zero-order valence-electron chi connectivity index (χ0n) is 17.0. The first-order chi connectivity index (χ1) is 13.9. The lowest BCUT2D eigenvalue weighted by Crippen LogP contribution is -2.50. The molecule has 154 valence electrons. The number of halogens is 1. The lowest BCUT2D eigenvalue weighted by Gasteiger charge is -2.34. The molecular weight excluding hydrogens is 434 g/mol. The van der Waals surface area contributed by atoms with Gasteiger partial charge in [-0.05, 0) is 65.2 Å². The van der Waals surface area contributed by atoms with Gasteiger partial charge in [0.05, 0.1) is 19.2 Å². The van der Waals surface area contributed by atoms with E-state index in [-0.39, 0.29) is 11.8 Å². The first-order valence-corrected chi connectivity index (χ1v) is 10.4. The molecule has 1 saturated heterocycles. The van der Waals surface area contributed by atoms with E-state index < -0.39 is 0 Å². The molecule has 6 nitrogen and oxygen atoms in total. The smallest absolute Gasteiger partial charge is 0.255 e. The van der Waals surface area contributed by atoms with Crippen molar-refractivity contribution in [1.82, 2.24) is 9.80 Å². The van der Waals surface area contributed by atoms with Crippen LogP contribution in [0.3, 0.4) is 0 Å². The molecule has 2 amide bonds. The zero-order valence-corrected chi connectivity index (χ0v) is 18.6. The van der Waals surface area contributed by atoms with Crippen LogP contribution >= 0.6 is 15.9 Å². The fourth-order valence-corrected chi connectivity index (χ4v) is 3.77. The molecule has 1 fully saturated rings. The lowest BCUT2D eigenvalue weighted by molar-refractivity contribution is -0.117. The molecule has 0 atom stereocenters. The molecule has 1 aliphatic rings. The number of methoxy groups -OCH3 is 1. The van der Waals surface area contributed by atoms with E-state index in [0.717, 1.165) is 21.3 Å². The van der Waals surface area contributed by atoms with Crippen molar-refractivity contribution in [3.8, 4) is 5.75 Å². The number of amides is 2. The number of rotatable bonds is 5. The van der Waals surface area contributed by atoms with E-state index in [2.05, 4.69) is 26.1 Å². The first kappa shape index (κ1) is 21.3. The Hall–Kier alpha value is -2.38. The second kappa shape index (κ2) is 9.41. The Bertz CT molecular complexity index is 908. The monoisotopic (exact) mass is 459 g/mol. The maximum absolute atomic E-state index is 12.9. The average molecular weight is 460 g/mol. The van der Waals surface area contributed by atoms with Crippen LogP contribution in [0.1, 0.15) is 21.5 Å². The van der Waals surface area contributed by atoms with Gasteiger partial charge in [-0.25, -0.2) is 0 Å². The van der Waals surface area contributed by atoms with Gasteiger partial charge in [0.2, 0.25) is 5.91 Å². The van der Waals surface area contributed by atoms with Gasteiger partial charge in [0.15, 0.2) is 0 Å². The van der Waals surface area contributed by atoms with Crippen molar-refractivity contribution in [1.29, 1.82) is 0 Å². The highest BCUT2D eigenvalue weighted by Crippen LogP contribution is 2.24. The van der Waals surface area contributed by atoms with E-state index >= 15 is 0 Å². The quantitative estimate of drug-likeness (QED) is 0.743. The normalized spacial score (nSPS) is 14.6. The van der Waals surface area contributed by atoms with E-state index in [1.54, 1.807) is 13.2 Å². The number of piperazine rings is 1. The van der Waals surface area contributed by atoms with Gasteiger partial charge in [0.1, 0.15) is 5.75 Å². The third kappa shape index (κ3) is 5.16. The van der Waals surface area contributed by atoms with Crippen LogP contribution in [0.4, 0.5) is 5.69 Å². The van der Waals surface area contributed by atoms with Gasteiger partial charge in [-0.1, -0.05) is 12.1 Å². The maximum atomic E-state index is 12.9. The summed E-state index contributed by atoms with van der Waals surface area (Å²) in [7, 11) is 1.58. The van der Waals surface area contributed by atoms with Crippen LogP contribution in [0.25, 0.3) is 0 Å². The summed E-state index contributed by atoms with van der Waals surface area (Å²) >= 11 is 3.45. The SMILES string of the molecule is COc1ccc(Br)c(C(=O)N2CCN(CC(=O)Nc3cccc(C)c3C)CC2)c1. The number of nitrogens with one attached hydrogen (secondary N) is 1. The van der Waals surface area contributed by atoms with Crippen molar-refractivity contribution < 1.29 is 14.3 Å². The van der Waals surface area contributed by atoms with E-state index in [9.17, 15) is 9.59 Å². The Morgan fingerprint density at radius 2 is 1.83 bits per heavy atom. The molecule has 29 heavy (non-hydrogen) atoms. The van der Waals surface area contributed by atoms with Crippen molar-refractivity contribution in [2.45, 2.75) is 13.8 Å². The first-order valence-electron chi connectivity index (χ1n) is 9.60. The molecule has 1 N–H and O–H groups in total. The number of hydrogen-bond acceptors (Lipinski definition) is 4. The van der Waals surface area contributed by atoms with Gasteiger partial charge in [0, 0.05) is 36.3 Å². The van der Waals surface area contributed by atoms with Gasteiger partial charge in [-0.2, -0.15) is 0 Å². The standard InChI is InChI=1S/C22H26BrN3O3/c1-15-5-4-6-20(16(15)2)24-21(27)14-25-9-11-26(12-10-25)22(28)18-13-17(29-3)7-8-19(18)23/h4-8,13H,9-12,14H2,1-3H3,(H,24,27). The summed E-state index contributed by atoms with van der Waals surface area (Å²) in [5.74, 6) is 0.586. The predicted molar refractivity (Wildman–Crippen MR) is 118 cm³/mol. The number of aryl methyl sites for hydroxylation is 1. The summed E-state index contributed by atoms with van der Waals surface area (Å²) in [6.45, 7) is 6.84. The van der Waals surface area contributed by atoms with Crippen molar-refractivity contribution >= 4 is 33.4 Å². The van der Waals surface area contributed by atoms with Crippen LogP contribution < -0.4 is 10.1 Å². The summed E-state index contributed by atoms with van der Waals surface area (Å²) in [4.78, 5) is 29.2. The van der Waals surface area contributed by atoms with Crippen LogP contribution in [0, 0.1) is 13.8 Å². The van der Waals surface area contributed by atoms with Crippen LogP contribution in [0.15, 0.2) is 40.9 Å². The molecule has 2 aromatic rings. The molecule has 0 saturated carbocycles. The van der Waals surface area contributed by atoms with Crippen molar-refractivity contribution in [2.75, 3.05) is 45.2 Å². The van der Waals surface area contributed by atoms with Crippen LogP contribution in [-0.2, 0) is 4.79 Å². The molecule has 0 unspecified atom stereocenters. The van der Waals surface area contributed by atoms with E-state index in [1.807, 2.05) is 49.1 Å². The van der Waals surface area contributed by atoms with Crippen LogP contribution in [0.5, 0.6) is 5.75 Å². The Balaban J connectivity index is 1.54. The fraction of sp³-hybridized carbons (Fsp3) is 0.364. The minimum absolute atomic E-state index is 0.0322. The second-order valence-electron chi connectivity index (χ2n) is 7.21. The molecule has 1 heterocycles. The number of carbonyl (C=O) groups is 2. The maximum Gasteiger partial charge on any atom is 0.255 e. The number of carbonyl (C=O) groups excluding carboxylic acids is 2.